The molecule has 5 heteroatoms. The number of aliphatic hydroxyl groups excluding tert-OH is 1. The highest BCUT2D eigenvalue weighted by Crippen LogP contribution is 1.88. The summed E-state index contributed by atoms with van der Waals surface area (Å²) < 4.78 is 1.40. The van der Waals surface area contributed by atoms with E-state index in [4.69, 9.17) is 0 Å². The minimum Gasteiger partial charge on any atom is -0.390 e. The number of nitrogens with one attached hydrogen (secondary N) is 1. The van der Waals surface area contributed by atoms with Crippen LogP contribution >= 0.6 is 0 Å². The molecule has 0 fully saturated rings. The molecule has 5 nitrogen and oxygen atoms in total. The standard InChI is InChI=1S/C10H17N3O2/c1-8(2)12-6-9(14)7-13-5-3-4-11-10(13)15/h3-5,8-9,12,14H,6-7H2,1-2H3. The summed E-state index contributed by atoms with van der Waals surface area (Å²) in [7, 11) is 0. The summed E-state index contributed by atoms with van der Waals surface area (Å²) in [5.41, 5.74) is -0.332. The Bertz CT molecular complexity index is 349. The molecule has 0 radical (unpaired) electrons. The zero-order valence-electron chi connectivity index (χ0n) is 9.05. The molecule has 0 aliphatic carbocycles. The van der Waals surface area contributed by atoms with E-state index in [1.54, 1.807) is 12.3 Å². The Balaban J connectivity index is 2.48. The van der Waals surface area contributed by atoms with Crippen LogP contribution in [0.5, 0.6) is 0 Å². The van der Waals surface area contributed by atoms with E-state index in [1.807, 2.05) is 13.8 Å². The van der Waals surface area contributed by atoms with Crippen LogP contribution in [0.4, 0.5) is 0 Å². The van der Waals surface area contributed by atoms with Crippen molar-refractivity contribution in [2.24, 2.45) is 0 Å². The number of hydrogen-bond donors (Lipinski definition) is 2. The molecule has 1 aromatic rings. The van der Waals surface area contributed by atoms with Crippen molar-refractivity contribution in [2.45, 2.75) is 32.5 Å². The SMILES string of the molecule is CC(C)NCC(O)Cn1cccnc1=O. The van der Waals surface area contributed by atoms with Crippen LogP contribution in [0.15, 0.2) is 23.3 Å². The van der Waals surface area contributed by atoms with Gasteiger partial charge in [-0.15, -0.1) is 0 Å². The van der Waals surface area contributed by atoms with Gasteiger partial charge in [0, 0.05) is 25.0 Å². The predicted octanol–water partition coefficient (Wildman–Crippen LogP) is -0.398. The molecule has 2 N–H and O–H groups in total. The molecule has 0 bridgehead atoms. The second kappa shape index (κ2) is 5.63. The van der Waals surface area contributed by atoms with E-state index in [2.05, 4.69) is 10.3 Å². The average Bonchev–Trinajstić information content (AvgIpc) is 2.18. The lowest BCUT2D eigenvalue weighted by Crippen LogP contribution is -2.36. The van der Waals surface area contributed by atoms with E-state index in [0.717, 1.165) is 0 Å². The van der Waals surface area contributed by atoms with Crippen LogP contribution in [-0.4, -0.2) is 33.3 Å². The maximum absolute atomic E-state index is 11.2. The van der Waals surface area contributed by atoms with Gasteiger partial charge in [-0.2, -0.15) is 0 Å². The van der Waals surface area contributed by atoms with Gasteiger partial charge < -0.3 is 10.4 Å². The Morgan fingerprint density at radius 3 is 2.93 bits per heavy atom. The monoisotopic (exact) mass is 211 g/mol. The molecule has 0 saturated heterocycles. The molecule has 0 saturated carbocycles. The van der Waals surface area contributed by atoms with E-state index >= 15 is 0 Å². The Morgan fingerprint density at radius 2 is 2.33 bits per heavy atom. The number of rotatable bonds is 5. The second-order valence-electron chi connectivity index (χ2n) is 3.77. The molecule has 15 heavy (non-hydrogen) atoms. The maximum Gasteiger partial charge on any atom is 0.347 e. The quantitative estimate of drug-likeness (QED) is 0.695. The van der Waals surface area contributed by atoms with Crippen LogP contribution in [0.2, 0.25) is 0 Å². The van der Waals surface area contributed by atoms with Crippen LogP contribution < -0.4 is 11.0 Å². The lowest BCUT2D eigenvalue weighted by molar-refractivity contribution is 0.147. The Labute approximate surface area is 88.8 Å². The molecule has 84 valence electrons. The molecular formula is C10H17N3O2. The van der Waals surface area contributed by atoms with Gasteiger partial charge in [0.05, 0.1) is 12.6 Å². The molecule has 1 aromatic heterocycles. The van der Waals surface area contributed by atoms with Gasteiger partial charge in [-0.3, -0.25) is 4.57 Å². The molecule has 1 rings (SSSR count). The third kappa shape index (κ3) is 4.22. The molecular weight excluding hydrogens is 194 g/mol. The smallest absolute Gasteiger partial charge is 0.347 e. The summed E-state index contributed by atoms with van der Waals surface area (Å²) in [5, 5.41) is 12.7. The first kappa shape index (κ1) is 11.9. The molecule has 1 atom stereocenters. The van der Waals surface area contributed by atoms with E-state index in [1.165, 1.54) is 10.8 Å². The molecule has 1 heterocycles. The van der Waals surface area contributed by atoms with Crippen molar-refractivity contribution < 1.29 is 5.11 Å². The molecule has 0 aromatic carbocycles. The third-order valence-electron chi connectivity index (χ3n) is 1.95. The minimum atomic E-state index is -0.575. The Hall–Kier alpha value is -1.20. The molecule has 1 unspecified atom stereocenters. The van der Waals surface area contributed by atoms with Crippen LogP contribution in [0.25, 0.3) is 0 Å². The fourth-order valence-electron chi connectivity index (χ4n) is 1.19. The van der Waals surface area contributed by atoms with Crippen molar-refractivity contribution in [1.82, 2.24) is 14.9 Å². The summed E-state index contributed by atoms with van der Waals surface area (Å²) in [5.74, 6) is 0. The fourth-order valence-corrected chi connectivity index (χ4v) is 1.19. The lowest BCUT2D eigenvalue weighted by atomic mass is 10.3. The first-order valence-electron chi connectivity index (χ1n) is 5.02. The lowest BCUT2D eigenvalue weighted by Gasteiger charge is -2.14. The Morgan fingerprint density at radius 1 is 1.60 bits per heavy atom. The zero-order valence-corrected chi connectivity index (χ0v) is 9.05. The van der Waals surface area contributed by atoms with Crippen molar-refractivity contribution in [3.05, 3.63) is 28.9 Å². The maximum atomic E-state index is 11.2. The molecule has 0 amide bonds. The molecule has 0 aliphatic rings. The molecule has 0 spiro atoms. The summed E-state index contributed by atoms with van der Waals surface area (Å²) in [4.78, 5) is 14.8. The predicted molar refractivity (Wildman–Crippen MR) is 57.6 cm³/mol. The van der Waals surface area contributed by atoms with Gasteiger partial charge in [-0.05, 0) is 6.07 Å². The van der Waals surface area contributed by atoms with Crippen LogP contribution in [0, 0.1) is 0 Å². The summed E-state index contributed by atoms with van der Waals surface area (Å²) in [6, 6.07) is 1.99. The second-order valence-corrected chi connectivity index (χ2v) is 3.77. The number of aromatic nitrogens is 2. The third-order valence-corrected chi connectivity index (χ3v) is 1.95. The van der Waals surface area contributed by atoms with Gasteiger partial charge in [0.1, 0.15) is 0 Å². The highest BCUT2D eigenvalue weighted by molar-refractivity contribution is 4.81. The Kier molecular flexibility index (Phi) is 4.45. The van der Waals surface area contributed by atoms with Gasteiger partial charge in [0.15, 0.2) is 0 Å². The summed E-state index contributed by atoms with van der Waals surface area (Å²) >= 11 is 0. The first-order chi connectivity index (χ1) is 7.09. The van der Waals surface area contributed by atoms with Crippen molar-refractivity contribution >= 4 is 0 Å². The van der Waals surface area contributed by atoms with Crippen molar-refractivity contribution in [3.63, 3.8) is 0 Å². The van der Waals surface area contributed by atoms with Gasteiger partial charge in [0.2, 0.25) is 0 Å². The van der Waals surface area contributed by atoms with E-state index in [9.17, 15) is 9.90 Å². The van der Waals surface area contributed by atoms with Crippen LogP contribution in [0.3, 0.4) is 0 Å². The first-order valence-corrected chi connectivity index (χ1v) is 5.02. The summed E-state index contributed by atoms with van der Waals surface area (Å²) in [6.07, 6.45) is 2.49. The fraction of sp³-hybridized carbons (Fsp3) is 0.600. The normalized spacial score (nSPS) is 13.1. The van der Waals surface area contributed by atoms with Gasteiger partial charge in [-0.25, -0.2) is 9.78 Å². The van der Waals surface area contributed by atoms with E-state index < -0.39 is 6.10 Å². The summed E-state index contributed by atoms with van der Waals surface area (Å²) in [6.45, 7) is 4.75. The highest BCUT2D eigenvalue weighted by Gasteiger charge is 2.06. The van der Waals surface area contributed by atoms with Gasteiger partial charge >= 0.3 is 5.69 Å². The number of nitrogens with zero attached hydrogens (tertiary/aromatic N) is 2. The largest absolute Gasteiger partial charge is 0.390 e. The van der Waals surface area contributed by atoms with Gasteiger partial charge in [0.25, 0.3) is 0 Å². The van der Waals surface area contributed by atoms with E-state index in [-0.39, 0.29) is 12.2 Å². The van der Waals surface area contributed by atoms with Crippen LogP contribution in [0.1, 0.15) is 13.8 Å². The van der Waals surface area contributed by atoms with Crippen molar-refractivity contribution in [2.75, 3.05) is 6.54 Å². The average molecular weight is 211 g/mol. The number of aliphatic hydroxyl groups is 1. The van der Waals surface area contributed by atoms with Crippen LogP contribution in [-0.2, 0) is 6.54 Å². The van der Waals surface area contributed by atoms with Gasteiger partial charge in [-0.1, -0.05) is 13.8 Å². The zero-order chi connectivity index (χ0) is 11.3. The van der Waals surface area contributed by atoms with E-state index in [0.29, 0.717) is 12.6 Å². The molecule has 0 aliphatic heterocycles. The van der Waals surface area contributed by atoms with Crippen molar-refractivity contribution in [1.29, 1.82) is 0 Å². The topological polar surface area (TPSA) is 67.2 Å². The number of hydrogen-bond acceptors (Lipinski definition) is 4. The minimum absolute atomic E-state index is 0.270. The van der Waals surface area contributed by atoms with Crippen molar-refractivity contribution in [3.8, 4) is 0 Å². The highest BCUT2D eigenvalue weighted by atomic mass is 16.3.